The van der Waals surface area contributed by atoms with Gasteiger partial charge in [-0.25, -0.2) is 13.4 Å². The van der Waals surface area contributed by atoms with Gasteiger partial charge >= 0.3 is 0 Å². The van der Waals surface area contributed by atoms with Crippen LogP contribution in [0.5, 0.6) is 0 Å². The van der Waals surface area contributed by atoms with Gasteiger partial charge in [-0.2, -0.15) is 8.42 Å². The number of aliphatic hydroxyl groups excluding tert-OH is 1. The van der Waals surface area contributed by atoms with Crippen LogP contribution in [0.3, 0.4) is 0 Å². The summed E-state index contributed by atoms with van der Waals surface area (Å²) in [5, 5.41) is 14.8. The molecule has 2 aliphatic rings. The van der Waals surface area contributed by atoms with Crippen LogP contribution in [-0.2, 0) is 32.3 Å². The minimum absolute atomic E-state index is 0.0221. The van der Waals surface area contributed by atoms with Gasteiger partial charge in [0.2, 0.25) is 0 Å². The lowest BCUT2D eigenvalue weighted by Gasteiger charge is -2.14. The molecule has 0 bridgehead atoms. The van der Waals surface area contributed by atoms with Gasteiger partial charge in [-0.3, -0.25) is 14.1 Å². The fourth-order valence-electron chi connectivity index (χ4n) is 5.15. The van der Waals surface area contributed by atoms with Crippen molar-refractivity contribution in [3.8, 4) is 0 Å². The summed E-state index contributed by atoms with van der Waals surface area (Å²) in [5.41, 5.74) is -1.18. The second-order valence-electron chi connectivity index (χ2n) is 9.56. The molecule has 222 valence electrons. The van der Waals surface area contributed by atoms with Crippen molar-refractivity contribution < 1.29 is 35.6 Å². The zero-order valence-electron chi connectivity index (χ0n) is 21.9. The Labute approximate surface area is 251 Å². The van der Waals surface area contributed by atoms with Crippen LogP contribution in [0.15, 0.2) is 103 Å². The molecule has 5 N–H and O–H groups in total. The lowest BCUT2D eigenvalue weighted by atomic mass is 9.96. The first-order valence-electron chi connectivity index (χ1n) is 12.5. The van der Waals surface area contributed by atoms with Crippen LogP contribution in [0, 0.1) is 10.4 Å². The van der Waals surface area contributed by atoms with Crippen molar-refractivity contribution in [2.45, 2.75) is 14.7 Å². The van der Waals surface area contributed by atoms with E-state index >= 15 is 0 Å². The van der Waals surface area contributed by atoms with Crippen molar-refractivity contribution in [1.82, 2.24) is 4.98 Å². The Kier molecular flexibility index (Phi) is 7.23. The molecule has 0 amide bonds. The Morgan fingerprint density at radius 2 is 1.50 bits per heavy atom. The van der Waals surface area contributed by atoms with E-state index in [1.807, 2.05) is 0 Å². The third-order valence-electron chi connectivity index (χ3n) is 7.04. The number of anilines is 2. The average molecular weight is 651 g/mol. The summed E-state index contributed by atoms with van der Waals surface area (Å²) in [6.07, 6.45) is 0. The van der Waals surface area contributed by atoms with E-state index in [1.165, 1.54) is 42.5 Å². The van der Waals surface area contributed by atoms with E-state index in [1.54, 1.807) is 18.2 Å². The number of nitrogens with zero attached hydrogens (tertiary/aromatic N) is 1. The molecule has 6 rings (SSSR count). The standard InChI is InChI=1S/C29H18N2O10S3/c32-27(14-4-3-5-16(12-14)44(39,40)41)26-23-17-6-1-2-7-18(17)28(33)25-21(11-10-20(24(23)25)31-29(26)34)30-19-9-8-15(42(35)36)13-22(19)43(37)38/h1-13,30,32H,(H,35,36)(H,37,38)(H,39,40,41). The molecule has 0 fully saturated rings. The highest BCUT2D eigenvalue weighted by Crippen LogP contribution is 2.30. The topological polar surface area (TPSA) is 208 Å². The molecule has 12 nitrogen and oxygen atoms in total. The number of fused-ring (bicyclic) bond motifs is 2. The van der Waals surface area contributed by atoms with Crippen LogP contribution >= 0.6 is 0 Å². The van der Waals surface area contributed by atoms with Crippen LogP contribution in [0.2, 0.25) is 0 Å². The second-order valence-corrected chi connectivity index (χ2v) is 12.9. The number of aliphatic hydroxyl groups is 1. The van der Waals surface area contributed by atoms with E-state index in [2.05, 4.69) is 10.3 Å². The zero-order valence-corrected chi connectivity index (χ0v) is 24.4. The first-order chi connectivity index (χ1) is 20.9. The molecule has 0 saturated heterocycles. The highest BCUT2D eigenvalue weighted by Gasteiger charge is 2.20. The van der Waals surface area contributed by atoms with Gasteiger partial charge in [0.05, 0.1) is 42.2 Å². The maximum absolute atomic E-state index is 14.0. The SMILES string of the molecule is O=c1nc2ccc(Nc3ccc(S(=O)O)cc3S(=O)O)c3c2=c(c1=C(O)c1cccc(S(=O)(=O)O)c1)c1ccccc1c3=O. The molecular formula is C29H18N2O10S3. The van der Waals surface area contributed by atoms with E-state index in [4.69, 9.17) is 0 Å². The van der Waals surface area contributed by atoms with Gasteiger partial charge in [-0.05, 0) is 47.9 Å². The Morgan fingerprint density at radius 1 is 0.795 bits per heavy atom. The monoisotopic (exact) mass is 650 g/mol. The molecule has 1 aliphatic heterocycles. The van der Waals surface area contributed by atoms with Gasteiger partial charge in [0, 0.05) is 21.4 Å². The largest absolute Gasteiger partial charge is 0.506 e. The van der Waals surface area contributed by atoms with Gasteiger partial charge in [0.25, 0.3) is 15.7 Å². The molecule has 15 heteroatoms. The van der Waals surface area contributed by atoms with E-state index in [-0.39, 0.29) is 58.7 Å². The number of aromatic nitrogens is 1. The molecule has 0 spiro atoms. The Balaban J connectivity index is 1.78. The fourth-order valence-corrected chi connectivity index (χ4v) is 6.69. The van der Waals surface area contributed by atoms with Crippen molar-refractivity contribution in [2.75, 3.05) is 5.32 Å². The van der Waals surface area contributed by atoms with Crippen molar-refractivity contribution in [2.24, 2.45) is 0 Å². The molecular weight excluding hydrogens is 633 g/mol. The summed E-state index contributed by atoms with van der Waals surface area (Å²) in [6.45, 7) is 0. The van der Waals surface area contributed by atoms with Crippen molar-refractivity contribution in [3.63, 3.8) is 0 Å². The molecule has 2 atom stereocenters. The van der Waals surface area contributed by atoms with Crippen molar-refractivity contribution in [1.29, 1.82) is 0 Å². The van der Waals surface area contributed by atoms with Gasteiger partial charge in [-0.15, -0.1) is 0 Å². The lowest BCUT2D eigenvalue weighted by Crippen LogP contribution is -2.33. The first kappa shape index (κ1) is 29.4. The molecule has 2 unspecified atom stereocenters. The van der Waals surface area contributed by atoms with Gasteiger partial charge in [0.15, 0.2) is 27.6 Å². The summed E-state index contributed by atoms with van der Waals surface area (Å²) in [6, 6.07) is 17.6. The zero-order chi connectivity index (χ0) is 31.5. The molecule has 44 heavy (non-hydrogen) atoms. The fraction of sp³-hybridized carbons (Fsp3) is 0. The molecule has 1 heterocycles. The van der Waals surface area contributed by atoms with Crippen LogP contribution in [0.4, 0.5) is 11.4 Å². The minimum atomic E-state index is -4.65. The first-order valence-corrected chi connectivity index (χ1v) is 16.1. The van der Waals surface area contributed by atoms with E-state index in [9.17, 15) is 45.2 Å². The Hall–Kier alpha value is -4.64. The number of benzene rings is 4. The highest BCUT2D eigenvalue weighted by molar-refractivity contribution is 7.85. The number of hydrogen-bond donors (Lipinski definition) is 5. The normalized spacial score (nSPS) is 14.2. The summed E-state index contributed by atoms with van der Waals surface area (Å²) >= 11 is -5.03. The van der Waals surface area contributed by atoms with Crippen LogP contribution in [0.1, 0.15) is 5.56 Å². The molecule has 0 aromatic heterocycles. The van der Waals surface area contributed by atoms with Gasteiger partial charge in [-0.1, -0.05) is 36.4 Å². The van der Waals surface area contributed by atoms with Crippen molar-refractivity contribution in [3.05, 3.63) is 121 Å². The quantitative estimate of drug-likeness (QED) is 0.130. The summed E-state index contributed by atoms with van der Waals surface area (Å²) < 4.78 is 76.0. The lowest BCUT2D eigenvalue weighted by molar-refractivity contribution is 0.483. The maximum Gasteiger partial charge on any atom is 0.294 e. The maximum atomic E-state index is 14.0. The molecule has 0 saturated carbocycles. The van der Waals surface area contributed by atoms with E-state index in [0.29, 0.717) is 5.39 Å². The summed E-state index contributed by atoms with van der Waals surface area (Å²) in [7, 11) is -4.65. The number of rotatable bonds is 6. The number of nitrogens with one attached hydrogen (secondary N) is 1. The predicted molar refractivity (Wildman–Crippen MR) is 163 cm³/mol. The predicted octanol–water partition coefficient (Wildman–Crippen LogP) is 2.86. The Bertz CT molecular complexity index is 2580. The van der Waals surface area contributed by atoms with Gasteiger partial charge in [0.1, 0.15) is 5.76 Å². The summed E-state index contributed by atoms with van der Waals surface area (Å²) in [5.74, 6) is -0.649. The third kappa shape index (κ3) is 4.90. The van der Waals surface area contributed by atoms with Crippen LogP contribution in [-0.4, -0.2) is 40.6 Å². The van der Waals surface area contributed by atoms with E-state index in [0.717, 1.165) is 18.2 Å². The second kappa shape index (κ2) is 10.8. The van der Waals surface area contributed by atoms with Crippen LogP contribution in [0.25, 0.3) is 27.4 Å². The molecule has 1 aliphatic carbocycles. The Morgan fingerprint density at radius 3 is 2.18 bits per heavy atom. The summed E-state index contributed by atoms with van der Waals surface area (Å²) in [4.78, 5) is 30.6. The molecule has 4 aromatic carbocycles. The van der Waals surface area contributed by atoms with Crippen molar-refractivity contribution >= 4 is 71.1 Å². The van der Waals surface area contributed by atoms with Crippen LogP contribution < -0.4 is 21.5 Å². The van der Waals surface area contributed by atoms with Gasteiger partial charge < -0.3 is 19.5 Å². The number of hydrogen-bond acceptors (Lipinski definition) is 9. The third-order valence-corrected chi connectivity index (χ3v) is 9.26. The minimum Gasteiger partial charge on any atom is -0.506 e. The molecule has 0 radical (unpaired) electrons. The smallest absolute Gasteiger partial charge is 0.294 e. The average Bonchev–Trinajstić information content (AvgIpc) is 2.99. The highest BCUT2D eigenvalue weighted by atomic mass is 32.2. The molecule has 4 aromatic rings. The van der Waals surface area contributed by atoms with E-state index < -0.39 is 53.9 Å².